The van der Waals surface area contributed by atoms with Gasteiger partial charge in [0.25, 0.3) is 0 Å². The Balaban J connectivity index is 1.44. The molecule has 35 heavy (non-hydrogen) atoms. The van der Waals surface area contributed by atoms with Gasteiger partial charge in [0.1, 0.15) is 29.4 Å². The average molecular weight is 481 g/mol. The summed E-state index contributed by atoms with van der Waals surface area (Å²) < 4.78 is 38.4. The number of urea groups is 1. The maximum absolute atomic E-state index is 13.9. The summed E-state index contributed by atoms with van der Waals surface area (Å²) in [6, 6.07) is 18.8. The number of halogens is 2. The second-order valence-corrected chi connectivity index (χ2v) is 8.40. The molecule has 4 rings (SSSR count). The van der Waals surface area contributed by atoms with E-state index in [1.807, 2.05) is 12.1 Å². The molecule has 0 aromatic heterocycles. The van der Waals surface area contributed by atoms with Gasteiger partial charge >= 0.3 is 12.0 Å². The molecule has 0 spiro atoms. The van der Waals surface area contributed by atoms with Crippen molar-refractivity contribution < 1.29 is 27.8 Å². The number of benzene rings is 3. The Morgan fingerprint density at radius 3 is 2.29 bits per heavy atom. The highest BCUT2D eigenvalue weighted by atomic mass is 19.1. The van der Waals surface area contributed by atoms with Crippen LogP contribution in [0, 0.1) is 17.0 Å². The molecule has 0 saturated carbocycles. The van der Waals surface area contributed by atoms with Gasteiger partial charge in [0.15, 0.2) is 0 Å². The molecule has 0 radical (unpaired) electrons. The maximum atomic E-state index is 13.9. The Morgan fingerprint density at radius 1 is 0.971 bits per heavy atom. The zero-order valence-electron chi connectivity index (χ0n) is 19.3. The molecule has 8 heteroatoms. The summed E-state index contributed by atoms with van der Waals surface area (Å²) in [5.41, 5.74) is 0.796. The van der Waals surface area contributed by atoms with Crippen molar-refractivity contribution in [1.29, 1.82) is 0 Å². The molecule has 3 aromatic rings. The number of rotatable bonds is 7. The van der Waals surface area contributed by atoms with E-state index in [1.165, 1.54) is 35.2 Å². The fourth-order valence-corrected chi connectivity index (χ4v) is 4.04. The van der Waals surface area contributed by atoms with Crippen LogP contribution < -0.4 is 10.1 Å². The first-order chi connectivity index (χ1) is 16.9. The highest BCUT2D eigenvalue weighted by molar-refractivity contribution is 5.90. The van der Waals surface area contributed by atoms with Gasteiger partial charge in [-0.15, -0.1) is 0 Å². The number of hydrogen-bond donors (Lipinski definition) is 1. The summed E-state index contributed by atoms with van der Waals surface area (Å²) in [4.78, 5) is 27.1. The van der Waals surface area contributed by atoms with Gasteiger partial charge in [0.05, 0.1) is 12.3 Å². The third kappa shape index (κ3) is 5.59. The lowest BCUT2D eigenvalue weighted by Crippen LogP contribution is -2.43. The molecular formula is C27H26F2N2O4. The number of carbonyl (C=O) groups excluding carboxylic acids is 2. The van der Waals surface area contributed by atoms with Crippen molar-refractivity contribution in [3.63, 3.8) is 0 Å². The molecule has 182 valence electrons. The second kappa shape index (κ2) is 10.5. The molecular weight excluding hydrogens is 454 g/mol. The third-order valence-electron chi connectivity index (χ3n) is 6.01. The molecule has 2 amide bonds. The van der Waals surface area contributed by atoms with Crippen LogP contribution in [0.1, 0.15) is 13.3 Å². The molecule has 1 saturated heterocycles. The first-order valence-corrected chi connectivity index (χ1v) is 11.4. The SMILES string of the molecule is CCOC(=O)C1(COc2ccc(-c3ccc(F)cc3)cc2)CCN(C(=O)Nc2ccccc2F)C1. The minimum Gasteiger partial charge on any atom is -0.492 e. The second-order valence-electron chi connectivity index (χ2n) is 8.40. The van der Waals surface area contributed by atoms with Gasteiger partial charge in [-0.25, -0.2) is 13.6 Å². The van der Waals surface area contributed by atoms with Gasteiger partial charge < -0.3 is 19.7 Å². The zero-order valence-corrected chi connectivity index (χ0v) is 19.3. The molecule has 1 aliphatic heterocycles. The van der Waals surface area contributed by atoms with Crippen LogP contribution in [-0.4, -0.2) is 43.2 Å². The van der Waals surface area contributed by atoms with Crippen LogP contribution in [0.25, 0.3) is 11.1 Å². The van der Waals surface area contributed by atoms with E-state index in [0.29, 0.717) is 18.7 Å². The molecule has 0 bridgehead atoms. The Bertz CT molecular complexity index is 1180. The number of hydrogen-bond acceptors (Lipinski definition) is 4. The number of anilines is 1. The number of amides is 2. The fourth-order valence-electron chi connectivity index (χ4n) is 4.04. The van der Waals surface area contributed by atoms with Crippen molar-refractivity contribution >= 4 is 17.7 Å². The van der Waals surface area contributed by atoms with Gasteiger partial charge in [0, 0.05) is 13.1 Å². The Labute approximate surface area is 202 Å². The van der Waals surface area contributed by atoms with Crippen molar-refractivity contribution in [3.8, 4) is 16.9 Å². The number of ether oxygens (including phenoxy) is 2. The van der Waals surface area contributed by atoms with Gasteiger partial charge in [-0.05, 0) is 60.9 Å². The highest BCUT2D eigenvalue weighted by Crippen LogP contribution is 2.34. The lowest BCUT2D eigenvalue weighted by Gasteiger charge is -2.27. The van der Waals surface area contributed by atoms with Crippen LogP contribution in [0.4, 0.5) is 19.3 Å². The van der Waals surface area contributed by atoms with E-state index in [2.05, 4.69) is 5.32 Å². The van der Waals surface area contributed by atoms with E-state index in [4.69, 9.17) is 9.47 Å². The predicted octanol–water partition coefficient (Wildman–Crippen LogP) is 5.50. The van der Waals surface area contributed by atoms with E-state index < -0.39 is 23.2 Å². The Morgan fingerprint density at radius 2 is 1.63 bits per heavy atom. The fraction of sp³-hybridized carbons (Fsp3) is 0.259. The van der Waals surface area contributed by atoms with Crippen LogP contribution in [0.15, 0.2) is 72.8 Å². The highest BCUT2D eigenvalue weighted by Gasteiger charge is 2.48. The van der Waals surface area contributed by atoms with Crippen molar-refractivity contribution in [1.82, 2.24) is 4.90 Å². The number of carbonyl (C=O) groups is 2. The van der Waals surface area contributed by atoms with Gasteiger partial charge in [-0.1, -0.05) is 36.4 Å². The van der Waals surface area contributed by atoms with Crippen LogP contribution in [0.5, 0.6) is 5.75 Å². The Kier molecular flexibility index (Phi) is 7.29. The van der Waals surface area contributed by atoms with Crippen LogP contribution in [-0.2, 0) is 9.53 Å². The van der Waals surface area contributed by atoms with Crippen molar-refractivity contribution in [2.75, 3.05) is 31.6 Å². The average Bonchev–Trinajstić information content (AvgIpc) is 3.31. The number of likely N-dealkylation sites (tertiary alicyclic amines) is 1. The van der Waals surface area contributed by atoms with Gasteiger partial charge in [-0.2, -0.15) is 0 Å². The molecule has 1 N–H and O–H groups in total. The first kappa shape index (κ1) is 24.2. The van der Waals surface area contributed by atoms with E-state index in [1.54, 1.807) is 37.3 Å². The minimum atomic E-state index is -1.04. The summed E-state index contributed by atoms with van der Waals surface area (Å²) >= 11 is 0. The van der Waals surface area contributed by atoms with E-state index in [0.717, 1.165) is 11.1 Å². The lowest BCUT2D eigenvalue weighted by atomic mass is 9.88. The van der Waals surface area contributed by atoms with Crippen LogP contribution in [0.2, 0.25) is 0 Å². The first-order valence-electron chi connectivity index (χ1n) is 11.4. The van der Waals surface area contributed by atoms with E-state index >= 15 is 0 Å². The molecule has 6 nitrogen and oxygen atoms in total. The third-order valence-corrected chi connectivity index (χ3v) is 6.01. The van der Waals surface area contributed by atoms with Gasteiger partial charge in [-0.3, -0.25) is 4.79 Å². The largest absolute Gasteiger partial charge is 0.492 e. The number of esters is 1. The topological polar surface area (TPSA) is 67.9 Å². The smallest absolute Gasteiger partial charge is 0.321 e. The molecule has 1 unspecified atom stereocenters. The monoisotopic (exact) mass is 480 g/mol. The van der Waals surface area contributed by atoms with Crippen LogP contribution >= 0.6 is 0 Å². The minimum absolute atomic E-state index is 0.0191. The predicted molar refractivity (Wildman–Crippen MR) is 128 cm³/mol. The summed E-state index contributed by atoms with van der Waals surface area (Å²) in [5, 5.41) is 2.56. The van der Waals surface area contributed by atoms with E-state index in [9.17, 15) is 18.4 Å². The Hall–Kier alpha value is -3.94. The quantitative estimate of drug-likeness (QED) is 0.454. The maximum Gasteiger partial charge on any atom is 0.321 e. The number of para-hydroxylation sites is 1. The molecule has 3 aromatic carbocycles. The summed E-state index contributed by atoms with van der Waals surface area (Å²) in [6.07, 6.45) is 0.351. The summed E-state index contributed by atoms with van der Waals surface area (Å²) in [7, 11) is 0. The zero-order chi connectivity index (χ0) is 24.8. The van der Waals surface area contributed by atoms with Crippen LogP contribution in [0.3, 0.4) is 0 Å². The standard InChI is InChI=1S/C27H26F2N2O4/c1-2-34-25(32)27(15-16-31(17-27)26(33)30-24-6-4-3-5-23(24)29)18-35-22-13-9-20(10-14-22)19-7-11-21(28)12-8-19/h3-14H,2,15-18H2,1H3,(H,30,33). The van der Waals surface area contributed by atoms with Gasteiger partial charge in [0.2, 0.25) is 0 Å². The number of nitrogens with one attached hydrogen (secondary N) is 1. The summed E-state index contributed by atoms with van der Waals surface area (Å²) in [6.45, 7) is 2.32. The van der Waals surface area contributed by atoms with E-state index in [-0.39, 0.29) is 31.3 Å². The van der Waals surface area contributed by atoms with Crippen molar-refractivity contribution in [2.24, 2.45) is 5.41 Å². The van der Waals surface area contributed by atoms with Crippen molar-refractivity contribution in [2.45, 2.75) is 13.3 Å². The molecule has 1 atom stereocenters. The molecule has 0 aliphatic carbocycles. The molecule has 1 aliphatic rings. The molecule has 1 fully saturated rings. The van der Waals surface area contributed by atoms with Crippen molar-refractivity contribution in [3.05, 3.63) is 84.4 Å². The number of nitrogens with zero attached hydrogens (tertiary/aromatic N) is 1. The normalized spacial score (nSPS) is 17.2. The lowest BCUT2D eigenvalue weighted by molar-refractivity contribution is -0.156. The molecule has 1 heterocycles. The summed E-state index contributed by atoms with van der Waals surface area (Å²) in [5.74, 6) is -0.729.